The molecular weight excluding hydrogens is 428 g/mol. The van der Waals surface area contributed by atoms with Crippen LogP contribution in [0.3, 0.4) is 0 Å². The second-order valence-corrected chi connectivity index (χ2v) is 15.1. The summed E-state index contributed by atoms with van der Waals surface area (Å²) in [6, 6.07) is 34.3. The summed E-state index contributed by atoms with van der Waals surface area (Å²) in [6.45, 7) is 8.16. The van der Waals surface area contributed by atoms with Crippen LogP contribution in [0.25, 0.3) is 5.57 Å². The number of nitrogens with one attached hydrogen (secondary N) is 2. The highest BCUT2D eigenvalue weighted by Crippen LogP contribution is 2.45. The van der Waals surface area contributed by atoms with Gasteiger partial charge < -0.3 is 10.3 Å². The van der Waals surface area contributed by atoms with Gasteiger partial charge in [0.05, 0.1) is 0 Å². The molecule has 1 aliphatic heterocycles. The topological polar surface area (TPSA) is 24.1 Å². The molecule has 0 saturated carbocycles. The molecule has 3 aromatic carbocycles. The van der Waals surface area contributed by atoms with Crippen molar-refractivity contribution in [1.82, 2.24) is 10.3 Å². The molecule has 176 valence electrons. The third-order valence-corrected chi connectivity index (χ3v) is 12.3. The summed E-state index contributed by atoms with van der Waals surface area (Å²) in [5, 5.41) is 3.79. The molecule has 2 aliphatic rings. The van der Waals surface area contributed by atoms with Crippen molar-refractivity contribution in [2.24, 2.45) is 0 Å². The summed E-state index contributed by atoms with van der Waals surface area (Å²) in [6.07, 6.45) is 5.18. The van der Waals surface area contributed by atoms with Gasteiger partial charge >= 0.3 is 0 Å². The van der Waals surface area contributed by atoms with Gasteiger partial charge in [0.15, 0.2) is 0 Å². The molecule has 2 nitrogen and oxygen atoms in total. The molecule has 0 radical (unpaired) electrons. The number of rotatable bonds is 7. The van der Waals surface area contributed by atoms with Crippen molar-refractivity contribution in [3.63, 3.8) is 0 Å². The highest BCUT2D eigenvalue weighted by molar-refractivity contribution is 6.78. The lowest BCUT2D eigenvalue weighted by atomic mass is 9.99. The molecular formula is C31H38N2Si. The van der Waals surface area contributed by atoms with E-state index in [1.165, 1.54) is 40.7 Å². The number of fused-ring (bicyclic) bond motifs is 1. The zero-order chi connectivity index (χ0) is 23.6. The van der Waals surface area contributed by atoms with Crippen molar-refractivity contribution in [2.75, 3.05) is 6.54 Å². The van der Waals surface area contributed by atoms with E-state index in [1.807, 2.05) is 0 Å². The summed E-state index contributed by atoms with van der Waals surface area (Å²) in [7, 11) is -2.18. The van der Waals surface area contributed by atoms with Crippen molar-refractivity contribution in [3.8, 4) is 0 Å². The Kier molecular flexibility index (Phi) is 6.61. The quantitative estimate of drug-likeness (QED) is 0.396. The van der Waals surface area contributed by atoms with Crippen LogP contribution in [-0.2, 0) is 12.1 Å². The Bertz CT molecular complexity index is 1080. The average Bonchev–Trinajstić information content (AvgIpc) is 3.47. The summed E-state index contributed by atoms with van der Waals surface area (Å²) < 4.78 is 0. The minimum absolute atomic E-state index is 0.0347. The SMILES string of the molecule is CC(C)(C)N[Si](Cc1ccccc1)(Cc1ccccc1)C1C=C(C2CCCN2)c2ccccc21. The molecule has 1 fully saturated rings. The fourth-order valence-electron chi connectivity index (χ4n) is 6.22. The van der Waals surface area contributed by atoms with Gasteiger partial charge in [-0.05, 0) is 80.1 Å². The van der Waals surface area contributed by atoms with E-state index in [0.717, 1.165) is 18.6 Å². The molecule has 34 heavy (non-hydrogen) atoms. The molecule has 3 aromatic rings. The van der Waals surface area contributed by atoms with E-state index in [1.54, 1.807) is 0 Å². The molecule has 2 N–H and O–H groups in total. The van der Waals surface area contributed by atoms with E-state index < -0.39 is 8.24 Å². The Morgan fingerprint density at radius 3 is 1.97 bits per heavy atom. The Morgan fingerprint density at radius 1 is 0.824 bits per heavy atom. The van der Waals surface area contributed by atoms with Crippen LogP contribution in [-0.4, -0.2) is 26.4 Å². The van der Waals surface area contributed by atoms with E-state index in [4.69, 9.17) is 0 Å². The third-order valence-electron chi connectivity index (χ3n) is 7.33. The molecule has 1 heterocycles. The molecule has 0 aromatic heterocycles. The van der Waals surface area contributed by atoms with Crippen LogP contribution in [0.5, 0.6) is 0 Å². The number of allylic oxidation sites excluding steroid dienone is 1. The van der Waals surface area contributed by atoms with Crippen molar-refractivity contribution < 1.29 is 0 Å². The molecule has 2 unspecified atom stereocenters. The van der Waals surface area contributed by atoms with Crippen molar-refractivity contribution in [2.45, 2.75) is 62.8 Å². The van der Waals surface area contributed by atoms with Crippen LogP contribution < -0.4 is 10.3 Å². The van der Waals surface area contributed by atoms with Gasteiger partial charge in [0, 0.05) is 17.1 Å². The third kappa shape index (κ3) is 4.97. The first kappa shape index (κ1) is 23.3. The summed E-state index contributed by atoms with van der Waals surface area (Å²) >= 11 is 0. The van der Waals surface area contributed by atoms with Gasteiger partial charge in [-0.2, -0.15) is 0 Å². The van der Waals surface area contributed by atoms with Crippen LogP contribution in [0.4, 0.5) is 0 Å². The van der Waals surface area contributed by atoms with Crippen molar-refractivity contribution in [3.05, 3.63) is 113 Å². The second kappa shape index (κ2) is 9.65. The molecule has 1 saturated heterocycles. The Morgan fingerprint density at radius 2 is 1.41 bits per heavy atom. The van der Waals surface area contributed by atoms with E-state index in [2.05, 4.69) is 122 Å². The van der Waals surface area contributed by atoms with Gasteiger partial charge in [-0.3, -0.25) is 0 Å². The highest BCUT2D eigenvalue weighted by Gasteiger charge is 2.47. The van der Waals surface area contributed by atoms with Gasteiger partial charge in [0.1, 0.15) is 8.24 Å². The summed E-state index contributed by atoms with van der Waals surface area (Å²) in [5.74, 6) is 0. The fraction of sp³-hybridized carbons (Fsp3) is 0.355. The number of hydrogen-bond acceptors (Lipinski definition) is 2. The first-order valence-electron chi connectivity index (χ1n) is 12.9. The molecule has 3 heteroatoms. The maximum Gasteiger partial charge on any atom is 0.146 e. The smallest absolute Gasteiger partial charge is 0.146 e. The fourth-order valence-corrected chi connectivity index (χ4v) is 11.9. The maximum atomic E-state index is 4.33. The lowest BCUT2D eigenvalue weighted by Crippen LogP contribution is -2.65. The largest absolute Gasteiger partial charge is 0.331 e. The molecule has 0 amide bonds. The average molecular weight is 467 g/mol. The highest BCUT2D eigenvalue weighted by atomic mass is 28.3. The summed E-state index contributed by atoms with van der Waals surface area (Å²) in [5.41, 5.74) is 7.89. The minimum Gasteiger partial charge on any atom is -0.331 e. The Labute approximate surface area is 206 Å². The van der Waals surface area contributed by atoms with Crippen LogP contribution in [0.15, 0.2) is 91.0 Å². The summed E-state index contributed by atoms with van der Waals surface area (Å²) in [4.78, 5) is 4.33. The Balaban J connectivity index is 1.67. The predicted octanol–water partition coefficient (Wildman–Crippen LogP) is 6.36. The van der Waals surface area contributed by atoms with Gasteiger partial charge in [-0.1, -0.05) is 91.0 Å². The Hall–Kier alpha value is -2.46. The second-order valence-electron chi connectivity index (χ2n) is 11.2. The number of hydrogen-bond donors (Lipinski definition) is 2. The van der Waals surface area contributed by atoms with E-state index >= 15 is 0 Å². The van der Waals surface area contributed by atoms with Crippen molar-refractivity contribution >= 4 is 13.8 Å². The van der Waals surface area contributed by atoms with E-state index in [-0.39, 0.29) is 5.54 Å². The van der Waals surface area contributed by atoms with Crippen LogP contribution in [0, 0.1) is 0 Å². The van der Waals surface area contributed by atoms with Gasteiger partial charge in [-0.15, -0.1) is 0 Å². The first-order valence-corrected chi connectivity index (χ1v) is 15.3. The molecule has 5 rings (SSSR count). The first-order chi connectivity index (χ1) is 16.4. The monoisotopic (exact) mass is 466 g/mol. The van der Waals surface area contributed by atoms with Crippen molar-refractivity contribution in [1.29, 1.82) is 0 Å². The normalized spacial score (nSPS) is 20.3. The van der Waals surface area contributed by atoms with Gasteiger partial charge in [0.25, 0.3) is 0 Å². The lowest BCUT2D eigenvalue weighted by molar-refractivity contribution is 0.502. The van der Waals surface area contributed by atoms with Gasteiger partial charge in [-0.25, -0.2) is 0 Å². The van der Waals surface area contributed by atoms with Crippen LogP contribution >= 0.6 is 0 Å². The lowest BCUT2D eigenvalue weighted by Gasteiger charge is -2.43. The zero-order valence-corrected chi connectivity index (χ0v) is 21.9. The molecule has 2 atom stereocenters. The maximum absolute atomic E-state index is 4.33. The molecule has 0 spiro atoms. The van der Waals surface area contributed by atoms with E-state index in [9.17, 15) is 0 Å². The standard InChI is InChI=1S/C31H38N2Si/c1-31(2,3)33-34(22-24-13-6-4-7-14-24,23-25-15-8-5-9-16-25)30-21-28(29-19-12-20-32-29)26-17-10-11-18-27(26)30/h4-11,13-18,21,29-30,32-33H,12,19-20,22-23H2,1-3H3. The molecule has 0 bridgehead atoms. The molecule has 1 aliphatic carbocycles. The zero-order valence-electron chi connectivity index (χ0n) is 20.9. The van der Waals surface area contributed by atoms with E-state index in [0.29, 0.717) is 11.6 Å². The van der Waals surface area contributed by atoms with Gasteiger partial charge in [0.2, 0.25) is 0 Å². The number of benzene rings is 3. The van der Waals surface area contributed by atoms with Crippen LogP contribution in [0.2, 0.25) is 0 Å². The predicted molar refractivity (Wildman–Crippen MR) is 147 cm³/mol. The minimum atomic E-state index is -2.18. The van der Waals surface area contributed by atoms with Crippen LogP contribution in [0.1, 0.15) is 61.4 Å².